The predicted octanol–water partition coefficient (Wildman–Crippen LogP) is 1.90. The molecule has 2 aromatic carbocycles. The second kappa shape index (κ2) is 9.04. The summed E-state index contributed by atoms with van der Waals surface area (Å²) in [4.78, 5) is 36.4. The summed E-state index contributed by atoms with van der Waals surface area (Å²) in [5.41, 5.74) is -0.0851. The number of anilines is 1. The number of nitrogens with zero attached hydrogens (tertiary/aromatic N) is 1. The highest BCUT2D eigenvalue weighted by Gasteiger charge is 2.28. The maximum Gasteiger partial charge on any atom is 0.262 e. The number of benzene rings is 2. The molecule has 0 bridgehead atoms. The Kier molecular flexibility index (Phi) is 6.46. The molecule has 0 saturated carbocycles. The van der Waals surface area contributed by atoms with Crippen LogP contribution in [0.25, 0.3) is 0 Å². The molecule has 0 aliphatic carbocycles. The first-order chi connectivity index (χ1) is 14.3. The van der Waals surface area contributed by atoms with E-state index in [0.717, 1.165) is 6.07 Å². The van der Waals surface area contributed by atoms with Gasteiger partial charge in [-0.05, 0) is 36.8 Å². The van der Waals surface area contributed by atoms with E-state index in [0.29, 0.717) is 6.42 Å². The molecule has 0 unspecified atom stereocenters. The molecule has 0 aromatic heterocycles. The van der Waals surface area contributed by atoms with Crippen LogP contribution < -0.4 is 10.0 Å². The summed E-state index contributed by atoms with van der Waals surface area (Å²) in [7, 11) is -4.09. The van der Waals surface area contributed by atoms with Gasteiger partial charge in [-0.1, -0.05) is 18.2 Å². The smallest absolute Gasteiger partial charge is 0.262 e. The molecule has 2 aromatic rings. The standard InChI is InChI=1S/C20H20FN3O5S/c21-16-7-1-2-8-17(16)23-30(28,29)15-6-3-5-14(13-15)20(27)22-11-4-12-24-18(25)9-10-19(24)26/h1-3,5-8,13,23H,4,9-12H2,(H,22,27). The Morgan fingerprint density at radius 2 is 1.73 bits per heavy atom. The molecule has 158 valence electrons. The van der Waals surface area contributed by atoms with Gasteiger partial charge in [-0.3, -0.25) is 24.0 Å². The van der Waals surface area contributed by atoms with Gasteiger partial charge in [-0.15, -0.1) is 0 Å². The minimum Gasteiger partial charge on any atom is -0.352 e. The molecule has 0 atom stereocenters. The maximum atomic E-state index is 13.7. The summed E-state index contributed by atoms with van der Waals surface area (Å²) in [6, 6.07) is 10.7. The third kappa shape index (κ3) is 5.01. The highest BCUT2D eigenvalue weighted by molar-refractivity contribution is 7.92. The van der Waals surface area contributed by atoms with E-state index in [1.807, 2.05) is 0 Å². The highest BCUT2D eigenvalue weighted by Crippen LogP contribution is 2.19. The van der Waals surface area contributed by atoms with E-state index >= 15 is 0 Å². The van der Waals surface area contributed by atoms with Gasteiger partial charge in [0.05, 0.1) is 10.6 Å². The van der Waals surface area contributed by atoms with E-state index in [-0.39, 0.29) is 53.9 Å². The number of carbonyl (C=O) groups excluding carboxylic acids is 3. The monoisotopic (exact) mass is 433 g/mol. The van der Waals surface area contributed by atoms with Crippen LogP contribution in [-0.2, 0) is 19.6 Å². The lowest BCUT2D eigenvalue weighted by molar-refractivity contribution is -0.138. The summed E-state index contributed by atoms with van der Waals surface area (Å²) in [5.74, 6) is -1.65. The zero-order chi connectivity index (χ0) is 21.7. The van der Waals surface area contributed by atoms with Crippen LogP contribution in [0.3, 0.4) is 0 Å². The first-order valence-electron chi connectivity index (χ1n) is 9.27. The van der Waals surface area contributed by atoms with Gasteiger partial charge in [0.2, 0.25) is 11.8 Å². The fourth-order valence-corrected chi connectivity index (χ4v) is 4.08. The fraction of sp³-hybridized carbons (Fsp3) is 0.250. The first-order valence-corrected chi connectivity index (χ1v) is 10.7. The topological polar surface area (TPSA) is 113 Å². The number of halogens is 1. The Balaban J connectivity index is 1.60. The van der Waals surface area contributed by atoms with E-state index in [4.69, 9.17) is 0 Å². The zero-order valence-electron chi connectivity index (χ0n) is 15.9. The molecule has 3 amide bonds. The number of para-hydroxylation sites is 1. The molecule has 10 heteroatoms. The van der Waals surface area contributed by atoms with Crippen molar-refractivity contribution in [1.82, 2.24) is 10.2 Å². The number of hydrogen-bond donors (Lipinski definition) is 2. The number of nitrogens with one attached hydrogen (secondary N) is 2. The molecular formula is C20H20FN3O5S. The maximum absolute atomic E-state index is 13.7. The van der Waals surface area contributed by atoms with E-state index in [1.165, 1.54) is 47.4 Å². The summed E-state index contributed by atoms with van der Waals surface area (Å²) < 4.78 is 40.9. The second-order valence-electron chi connectivity index (χ2n) is 6.66. The minimum atomic E-state index is -4.09. The van der Waals surface area contributed by atoms with E-state index < -0.39 is 21.7 Å². The van der Waals surface area contributed by atoms with Gasteiger partial charge in [0.25, 0.3) is 15.9 Å². The lowest BCUT2D eigenvalue weighted by atomic mass is 10.2. The molecule has 1 saturated heterocycles. The molecule has 30 heavy (non-hydrogen) atoms. The van der Waals surface area contributed by atoms with Crippen molar-refractivity contribution in [3.05, 3.63) is 59.9 Å². The Bertz CT molecular complexity index is 1070. The molecule has 1 aliphatic heterocycles. The Hall–Kier alpha value is -3.27. The van der Waals surface area contributed by atoms with Crippen molar-refractivity contribution in [2.75, 3.05) is 17.8 Å². The van der Waals surface area contributed by atoms with Crippen molar-refractivity contribution >= 4 is 33.4 Å². The molecule has 0 radical (unpaired) electrons. The zero-order valence-corrected chi connectivity index (χ0v) is 16.7. The lowest BCUT2D eigenvalue weighted by Gasteiger charge is -2.14. The number of hydrogen-bond acceptors (Lipinski definition) is 5. The van der Waals surface area contributed by atoms with Crippen molar-refractivity contribution in [1.29, 1.82) is 0 Å². The Labute approximate surface area is 173 Å². The molecule has 3 rings (SSSR count). The van der Waals surface area contributed by atoms with Crippen molar-refractivity contribution < 1.29 is 27.2 Å². The fourth-order valence-electron chi connectivity index (χ4n) is 2.97. The number of carbonyl (C=O) groups is 3. The predicted molar refractivity (Wildman–Crippen MR) is 107 cm³/mol. The summed E-state index contributed by atoms with van der Waals surface area (Å²) in [6.45, 7) is 0.430. The van der Waals surface area contributed by atoms with Crippen LogP contribution in [-0.4, -0.2) is 44.1 Å². The summed E-state index contributed by atoms with van der Waals surface area (Å²) >= 11 is 0. The highest BCUT2D eigenvalue weighted by atomic mass is 32.2. The molecule has 1 heterocycles. The molecule has 1 fully saturated rings. The van der Waals surface area contributed by atoms with Gasteiger partial charge < -0.3 is 5.32 Å². The van der Waals surface area contributed by atoms with Crippen molar-refractivity contribution in [2.45, 2.75) is 24.2 Å². The van der Waals surface area contributed by atoms with Gasteiger partial charge >= 0.3 is 0 Å². The van der Waals surface area contributed by atoms with Crippen LogP contribution in [0.1, 0.15) is 29.6 Å². The third-order valence-electron chi connectivity index (χ3n) is 4.52. The normalized spacial score (nSPS) is 14.1. The van der Waals surface area contributed by atoms with E-state index in [1.54, 1.807) is 0 Å². The molecule has 0 spiro atoms. The average molecular weight is 433 g/mol. The van der Waals surface area contributed by atoms with Gasteiger partial charge in [-0.25, -0.2) is 12.8 Å². The Morgan fingerprint density at radius 3 is 2.43 bits per heavy atom. The van der Waals surface area contributed by atoms with Gasteiger partial charge in [0.1, 0.15) is 5.82 Å². The minimum absolute atomic E-state index is 0.111. The molecular weight excluding hydrogens is 413 g/mol. The van der Waals surface area contributed by atoms with Crippen molar-refractivity contribution in [2.24, 2.45) is 0 Å². The van der Waals surface area contributed by atoms with E-state index in [9.17, 15) is 27.2 Å². The van der Waals surface area contributed by atoms with Gasteiger partial charge in [0.15, 0.2) is 0 Å². The summed E-state index contributed by atoms with van der Waals surface area (Å²) in [6.07, 6.45) is 0.816. The lowest BCUT2D eigenvalue weighted by Crippen LogP contribution is -2.33. The number of rotatable bonds is 8. The van der Waals surface area contributed by atoms with Crippen LogP contribution in [0.15, 0.2) is 53.4 Å². The SMILES string of the molecule is O=C(NCCCN1C(=O)CCC1=O)c1cccc(S(=O)(=O)Nc2ccccc2F)c1. The van der Waals surface area contributed by atoms with Gasteiger partial charge in [-0.2, -0.15) is 0 Å². The largest absolute Gasteiger partial charge is 0.352 e. The Morgan fingerprint density at radius 1 is 1.03 bits per heavy atom. The van der Waals surface area contributed by atoms with Crippen LogP contribution in [0, 0.1) is 5.82 Å². The van der Waals surface area contributed by atoms with Crippen LogP contribution >= 0.6 is 0 Å². The van der Waals surface area contributed by atoms with Crippen LogP contribution in [0.5, 0.6) is 0 Å². The number of sulfonamides is 1. The molecule has 1 aliphatic rings. The third-order valence-corrected chi connectivity index (χ3v) is 5.89. The average Bonchev–Trinajstić information content (AvgIpc) is 3.04. The number of amides is 3. The summed E-state index contributed by atoms with van der Waals surface area (Å²) in [5, 5.41) is 2.63. The van der Waals surface area contributed by atoms with Crippen LogP contribution in [0.4, 0.5) is 10.1 Å². The molecule has 2 N–H and O–H groups in total. The number of imide groups is 1. The van der Waals surface area contributed by atoms with Crippen molar-refractivity contribution in [3.63, 3.8) is 0 Å². The number of likely N-dealkylation sites (tertiary alicyclic amines) is 1. The molecule has 8 nitrogen and oxygen atoms in total. The van der Waals surface area contributed by atoms with Crippen molar-refractivity contribution in [3.8, 4) is 0 Å². The quantitative estimate of drug-likeness (QED) is 0.488. The van der Waals surface area contributed by atoms with Gasteiger partial charge in [0, 0.05) is 31.5 Å². The first kappa shape index (κ1) is 21.4. The second-order valence-corrected chi connectivity index (χ2v) is 8.34. The van der Waals surface area contributed by atoms with Crippen LogP contribution in [0.2, 0.25) is 0 Å². The van der Waals surface area contributed by atoms with E-state index in [2.05, 4.69) is 10.0 Å².